The maximum absolute atomic E-state index is 12.8. The predicted molar refractivity (Wildman–Crippen MR) is 60.4 cm³/mol. The van der Waals surface area contributed by atoms with Crippen molar-refractivity contribution in [1.82, 2.24) is 5.32 Å². The highest BCUT2D eigenvalue weighted by Gasteiger charge is 2.00. The SMILES string of the molecule is CCNC(N)=NCc1ccc(F)c(Cl)c1. The molecule has 0 spiro atoms. The third kappa shape index (κ3) is 3.75. The van der Waals surface area contributed by atoms with Crippen LogP contribution in [0.25, 0.3) is 0 Å². The van der Waals surface area contributed by atoms with E-state index in [1.54, 1.807) is 12.1 Å². The number of aliphatic imine (C=N–C) groups is 1. The molecule has 0 saturated carbocycles. The molecule has 0 atom stereocenters. The van der Waals surface area contributed by atoms with Crippen molar-refractivity contribution in [3.05, 3.63) is 34.6 Å². The van der Waals surface area contributed by atoms with Crippen molar-refractivity contribution in [1.29, 1.82) is 0 Å². The molecule has 0 fully saturated rings. The summed E-state index contributed by atoms with van der Waals surface area (Å²) in [6.07, 6.45) is 0. The Balaban J connectivity index is 2.65. The van der Waals surface area contributed by atoms with Crippen LogP contribution in [0, 0.1) is 5.82 Å². The van der Waals surface area contributed by atoms with E-state index in [2.05, 4.69) is 10.3 Å². The maximum Gasteiger partial charge on any atom is 0.188 e. The highest BCUT2D eigenvalue weighted by molar-refractivity contribution is 6.30. The molecule has 5 heteroatoms. The van der Waals surface area contributed by atoms with E-state index in [1.807, 2.05) is 6.92 Å². The lowest BCUT2D eigenvalue weighted by atomic mass is 10.2. The van der Waals surface area contributed by atoms with Gasteiger partial charge in [0, 0.05) is 6.54 Å². The Kier molecular flexibility index (Phi) is 4.37. The molecular formula is C10H13ClFN3. The molecule has 0 bridgehead atoms. The molecule has 0 saturated heterocycles. The first-order chi connectivity index (χ1) is 7.13. The number of nitrogens with one attached hydrogen (secondary N) is 1. The summed E-state index contributed by atoms with van der Waals surface area (Å²) < 4.78 is 12.8. The van der Waals surface area contributed by atoms with Crippen molar-refractivity contribution in [2.45, 2.75) is 13.5 Å². The molecule has 0 amide bonds. The lowest BCUT2D eigenvalue weighted by molar-refractivity contribution is 0.627. The zero-order chi connectivity index (χ0) is 11.3. The average molecular weight is 230 g/mol. The van der Waals surface area contributed by atoms with E-state index < -0.39 is 5.82 Å². The highest BCUT2D eigenvalue weighted by atomic mass is 35.5. The molecule has 82 valence electrons. The number of nitrogens with zero attached hydrogens (tertiary/aromatic N) is 1. The second-order valence-electron chi connectivity index (χ2n) is 2.98. The molecule has 0 aliphatic rings. The van der Waals surface area contributed by atoms with Crippen molar-refractivity contribution in [2.24, 2.45) is 10.7 Å². The van der Waals surface area contributed by atoms with Gasteiger partial charge in [-0.3, -0.25) is 0 Å². The van der Waals surface area contributed by atoms with Gasteiger partial charge in [0.2, 0.25) is 0 Å². The Morgan fingerprint density at radius 2 is 2.33 bits per heavy atom. The van der Waals surface area contributed by atoms with E-state index in [4.69, 9.17) is 17.3 Å². The summed E-state index contributed by atoms with van der Waals surface area (Å²) in [6, 6.07) is 4.49. The molecule has 1 rings (SSSR count). The Labute approximate surface area is 93.1 Å². The van der Waals surface area contributed by atoms with Crippen LogP contribution in [0.3, 0.4) is 0 Å². The van der Waals surface area contributed by atoms with Gasteiger partial charge in [0.15, 0.2) is 5.96 Å². The molecule has 0 aliphatic heterocycles. The van der Waals surface area contributed by atoms with Gasteiger partial charge in [0.25, 0.3) is 0 Å². The van der Waals surface area contributed by atoms with Crippen molar-refractivity contribution in [3.63, 3.8) is 0 Å². The first-order valence-corrected chi connectivity index (χ1v) is 4.99. The first kappa shape index (κ1) is 11.8. The number of hydrogen-bond acceptors (Lipinski definition) is 1. The average Bonchev–Trinajstić information content (AvgIpc) is 2.20. The van der Waals surface area contributed by atoms with Crippen molar-refractivity contribution in [2.75, 3.05) is 6.54 Å². The summed E-state index contributed by atoms with van der Waals surface area (Å²) >= 11 is 5.62. The summed E-state index contributed by atoms with van der Waals surface area (Å²) in [5, 5.41) is 2.96. The highest BCUT2D eigenvalue weighted by Crippen LogP contribution is 2.16. The minimum atomic E-state index is -0.427. The Morgan fingerprint density at radius 1 is 1.60 bits per heavy atom. The number of guanidine groups is 1. The van der Waals surface area contributed by atoms with E-state index in [1.165, 1.54) is 6.07 Å². The van der Waals surface area contributed by atoms with Gasteiger partial charge in [-0.15, -0.1) is 0 Å². The minimum absolute atomic E-state index is 0.102. The van der Waals surface area contributed by atoms with Gasteiger partial charge in [-0.25, -0.2) is 9.38 Å². The number of rotatable bonds is 3. The predicted octanol–water partition coefficient (Wildman–Crippen LogP) is 1.90. The molecule has 0 heterocycles. The third-order valence-electron chi connectivity index (χ3n) is 1.77. The van der Waals surface area contributed by atoms with Gasteiger partial charge < -0.3 is 11.1 Å². The summed E-state index contributed by atoms with van der Waals surface area (Å²) in [7, 11) is 0. The van der Waals surface area contributed by atoms with Gasteiger partial charge in [0.05, 0.1) is 11.6 Å². The Bertz CT molecular complexity index is 366. The number of halogens is 2. The number of benzene rings is 1. The number of nitrogens with two attached hydrogens (primary N) is 1. The monoisotopic (exact) mass is 229 g/mol. The first-order valence-electron chi connectivity index (χ1n) is 4.61. The van der Waals surface area contributed by atoms with Gasteiger partial charge in [0.1, 0.15) is 5.82 Å². The summed E-state index contributed by atoms with van der Waals surface area (Å²) in [4.78, 5) is 4.06. The maximum atomic E-state index is 12.8. The van der Waals surface area contributed by atoms with Gasteiger partial charge in [-0.2, -0.15) is 0 Å². The lowest BCUT2D eigenvalue weighted by Crippen LogP contribution is -2.31. The van der Waals surface area contributed by atoms with Crippen LogP contribution < -0.4 is 11.1 Å². The summed E-state index contributed by atoms with van der Waals surface area (Å²) in [5.41, 5.74) is 6.35. The fourth-order valence-corrected chi connectivity index (χ4v) is 1.25. The van der Waals surface area contributed by atoms with Crippen molar-refractivity contribution < 1.29 is 4.39 Å². The molecule has 1 aromatic carbocycles. The van der Waals surface area contributed by atoms with Crippen LogP contribution in [0.15, 0.2) is 23.2 Å². The fourth-order valence-electron chi connectivity index (χ4n) is 1.05. The van der Waals surface area contributed by atoms with E-state index >= 15 is 0 Å². The quantitative estimate of drug-likeness (QED) is 0.615. The van der Waals surface area contributed by atoms with Gasteiger partial charge in [-0.1, -0.05) is 17.7 Å². The zero-order valence-electron chi connectivity index (χ0n) is 8.43. The molecule has 0 unspecified atom stereocenters. The van der Waals surface area contributed by atoms with E-state index in [0.29, 0.717) is 12.5 Å². The fraction of sp³-hybridized carbons (Fsp3) is 0.300. The molecule has 0 aliphatic carbocycles. The Hall–Kier alpha value is -1.29. The van der Waals surface area contributed by atoms with Gasteiger partial charge in [-0.05, 0) is 24.6 Å². The van der Waals surface area contributed by atoms with E-state index in [9.17, 15) is 4.39 Å². The van der Waals surface area contributed by atoms with Crippen LogP contribution >= 0.6 is 11.6 Å². The minimum Gasteiger partial charge on any atom is -0.370 e. The molecule has 0 aromatic heterocycles. The lowest BCUT2D eigenvalue weighted by Gasteiger charge is -2.02. The molecule has 1 aromatic rings. The van der Waals surface area contributed by atoms with Gasteiger partial charge >= 0.3 is 0 Å². The third-order valence-corrected chi connectivity index (χ3v) is 2.06. The molecule has 3 nitrogen and oxygen atoms in total. The topological polar surface area (TPSA) is 50.4 Å². The number of hydrogen-bond donors (Lipinski definition) is 2. The zero-order valence-corrected chi connectivity index (χ0v) is 9.18. The largest absolute Gasteiger partial charge is 0.370 e. The molecule has 0 radical (unpaired) electrons. The van der Waals surface area contributed by atoms with Crippen LogP contribution in [0.1, 0.15) is 12.5 Å². The van der Waals surface area contributed by atoms with Crippen LogP contribution in [0.2, 0.25) is 5.02 Å². The van der Waals surface area contributed by atoms with E-state index in [0.717, 1.165) is 12.1 Å². The standard InChI is InChI=1S/C10H13ClFN3/c1-2-14-10(13)15-6-7-3-4-9(12)8(11)5-7/h3-5H,2,6H2,1H3,(H3,13,14,15). The smallest absolute Gasteiger partial charge is 0.188 e. The summed E-state index contributed by atoms with van der Waals surface area (Å²) in [5.74, 6) is -0.0537. The summed E-state index contributed by atoms with van der Waals surface area (Å²) in [6.45, 7) is 3.04. The molecular weight excluding hydrogens is 217 g/mol. The van der Waals surface area contributed by atoms with Crippen LogP contribution in [0.5, 0.6) is 0 Å². The Morgan fingerprint density at radius 3 is 2.93 bits per heavy atom. The van der Waals surface area contributed by atoms with Crippen LogP contribution in [0.4, 0.5) is 4.39 Å². The molecule has 3 N–H and O–H groups in total. The normalized spacial score (nSPS) is 11.5. The second-order valence-corrected chi connectivity index (χ2v) is 3.39. The molecule has 15 heavy (non-hydrogen) atoms. The van der Waals surface area contributed by atoms with Crippen LogP contribution in [-0.4, -0.2) is 12.5 Å². The van der Waals surface area contributed by atoms with Crippen molar-refractivity contribution in [3.8, 4) is 0 Å². The second kappa shape index (κ2) is 5.56. The van der Waals surface area contributed by atoms with Crippen molar-refractivity contribution >= 4 is 17.6 Å². The van der Waals surface area contributed by atoms with Crippen LogP contribution in [-0.2, 0) is 6.54 Å². The van der Waals surface area contributed by atoms with E-state index in [-0.39, 0.29) is 5.02 Å².